The Bertz CT molecular complexity index is 344. The van der Waals surface area contributed by atoms with Crippen LogP contribution in [0.5, 0.6) is 0 Å². The first kappa shape index (κ1) is 8.49. The van der Waals surface area contributed by atoms with Gasteiger partial charge in [0, 0.05) is 6.42 Å². The first-order valence-corrected chi connectivity index (χ1v) is 4.74. The van der Waals surface area contributed by atoms with E-state index in [0.29, 0.717) is 12.2 Å². The topological polar surface area (TPSA) is 17.1 Å². The Hall–Kier alpha value is -1.11. The van der Waals surface area contributed by atoms with Crippen LogP contribution < -0.4 is 0 Å². The Morgan fingerprint density at radius 1 is 1.31 bits per heavy atom. The number of carbonyl (C=O) groups is 1. The number of Topliss-reactive ketones (excluding diaryl/α,β-unsaturated/α-hetero) is 1. The van der Waals surface area contributed by atoms with E-state index in [9.17, 15) is 4.79 Å². The molecule has 0 spiro atoms. The van der Waals surface area contributed by atoms with Crippen molar-refractivity contribution in [3.63, 3.8) is 0 Å². The number of fused-ring (bicyclic) bond motifs is 1. The van der Waals surface area contributed by atoms with Crippen molar-refractivity contribution in [2.24, 2.45) is 5.41 Å². The van der Waals surface area contributed by atoms with Gasteiger partial charge in [0.15, 0.2) is 0 Å². The van der Waals surface area contributed by atoms with Crippen LogP contribution in [0.2, 0.25) is 0 Å². The third-order valence-electron chi connectivity index (χ3n) is 3.17. The van der Waals surface area contributed by atoms with Crippen molar-refractivity contribution < 1.29 is 4.79 Å². The first-order chi connectivity index (χ1) is 6.14. The van der Waals surface area contributed by atoms with Gasteiger partial charge < -0.3 is 0 Å². The van der Waals surface area contributed by atoms with Crippen LogP contribution in [0.25, 0.3) is 0 Å². The Labute approximate surface area is 78.8 Å². The highest BCUT2D eigenvalue weighted by Crippen LogP contribution is 2.43. The molecule has 1 heteroatoms. The summed E-state index contributed by atoms with van der Waals surface area (Å²) in [7, 11) is 0. The predicted molar refractivity (Wildman–Crippen MR) is 53.3 cm³/mol. The molecule has 0 aliphatic heterocycles. The maximum atomic E-state index is 11.7. The molecule has 0 heterocycles. The first-order valence-electron chi connectivity index (χ1n) is 4.74. The largest absolute Gasteiger partial charge is 0.298 e. The zero-order chi connectivity index (χ0) is 9.47. The van der Waals surface area contributed by atoms with Crippen molar-refractivity contribution in [3.8, 4) is 0 Å². The van der Waals surface area contributed by atoms with Gasteiger partial charge >= 0.3 is 0 Å². The zero-order valence-electron chi connectivity index (χ0n) is 8.13. The van der Waals surface area contributed by atoms with Gasteiger partial charge in [-0.05, 0) is 25.8 Å². The average Bonchev–Trinajstić information content (AvgIpc) is 2.29. The highest BCUT2D eigenvalue weighted by atomic mass is 16.1. The van der Waals surface area contributed by atoms with E-state index in [1.165, 1.54) is 11.1 Å². The summed E-state index contributed by atoms with van der Waals surface area (Å²) >= 11 is 0. The summed E-state index contributed by atoms with van der Waals surface area (Å²) < 4.78 is 0. The maximum absolute atomic E-state index is 11.7. The van der Waals surface area contributed by atoms with Gasteiger partial charge in [0.2, 0.25) is 0 Å². The standard InChI is InChI=1S/C12H14O/c1-9-5-3-4-8-12(2)10(9)6-7-11(12)13/h3-5,8H,6-7H2,1-2H3. The molecule has 0 radical (unpaired) electrons. The van der Waals surface area contributed by atoms with Gasteiger partial charge in [-0.15, -0.1) is 0 Å². The van der Waals surface area contributed by atoms with Crippen molar-refractivity contribution in [2.75, 3.05) is 0 Å². The van der Waals surface area contributed by atoms with E-state index in [1.54, 1.807) is 0 Å². The van der Waals surface area contributed by atoms with E-state index in [1.807, 2.05) is 25.2 Å². The van der Waals surface area contributed by atoms with E-state index in [0.717, 1.165) is 6.42 Å². The quantitative estimate of drug-likeness (QED) is 0.552. The number of allylic oxidation sites excluding steroid dienone is 6. The minimum atomic E-state index is -0.298. The molecule has 1 saturated carbocycles. The highest BCUT2D eigenvalue weighted by molar-refractivity contribution is 5.93. The Morgan fingerprint density at radius 2 is 2.08 bits per heavy atom. The van der Waals surface area contributed by atoms with Crippen LogP contribution in [0.3, 0.4) is 0 Å². The van der Waals surface area contributed by atoms with Gasteiger partial charge in [0.1, 0.15) is 5.78 Å². The van der Waals surface area contributed by atoms with Gasteiger partial charge in [-0.25, -0.2) is 0 Å². The molecule has 68 valence electrons. The van der Waals surface area contributed by atoms with Gasteiger partial charge in [0.25, 0.3) is 0 Å². The van der Waals surface area contributed by atoms with E-state index in [-0.39, 0.29) is 5.41 Å². The number of hydrogen-bond donors (Lipinski definition) is 0. The molecular weight excluding hydrogens is 160 g/mol. The van der Waals surface area contributed by atoms with Crippen LogP contribution in [0.15, 0.2) is 35.5 Å². The maximum Gasteiger partial charge on any atom is 0.146 e. The Kier molecular flexibility index (Phi) is 1.76. The van der Waals surface area contributed by atoms with Crippen LogP contribution in [-0.4, -0.2) is 5.78 Å². The summed E-state index contributed by atoms with van der Waals surface area (Å²) in [6, 6.07) is 0. The predicted octanol–water partition coefficient (Wildman–Crippen LogP) is 2.80. The third-order valence-corrected chi connectivity index (χ3v) is 3.17. The molecule has 1 unspecified atom stereocenters. The van der Waals surface area contributed by atoms with Gasteiger partial charge in [-0.2, -0.15) is 0 Å². The molecule has 2 rings (SSSR count). The number of ketones is 1. The Morgan fingerprint density at radius 3 is 2.85 bits per heavy atom. The molecule has 0 aromatic rings. The monoisotopic (exact) mass is 174 g/mol. The summed E-state index contributed by atoms with van der Waals surface area (Å²) in [6.07, 6.45) is 9.77. The van der Waals surface area contributed by atoms with Crippen LogP contribution in [0.4, 0.5) is 0 Å². The summed E-state index contributed by atoms with van der Waals surface area (Å²) in [5.74, 6) is 0.363. The molecule has 0 amide bonds. The van der Waals surface area contributed by atoms with E-state index < -0.39 is 0 Å². The lowest BCUT2D eigenvalue weighted by molar-refractivity contribution is -0.122. The lowest BCUT2D eigenvalue weighted by Crippen LogP contribution is -2.20. The summed E-state index contributed by atoms with van der Waals surface area (Å²) in [6.45, 7) is 4.13. The van der Waals surface area contributed by atoms with E-state index in [4.69, 9.17) is 0 Å². The van der Waals surface area contributed by atoms with Crippen molar-refractivity contribution in [2.45, 2.75) is 26.7 Å². The second kappa shape index (κ2) is 2.69. The summed E-state index contributed by atoms with van der Waals surface area (Å²) in [5, 5.41) is 0. The SMILES string of the molecule is CC1=C2CCC(=O)C2(C)C=CC=C1. The lowest BCUT2D eigenvalue weighted by Gasteiger charge is -2.20. The number of carbonyl (C=O) groups excluding carboxylic acids is 1. The third kappa shape index (κ3) is 1.11. The highest BCUT2D eigenvalue weighted by Gasteiger charge is 2.40. The van der Waals surface area contributed by atoms with Crippen molar-refractivity contribution in [3.05, 3.63) is 35.5 Å². The second-order valence-electron chi connectivity index (χ2n) is 4.01. The molecule has 0 N–H and O–H groups in total. The minimum absolute atomic E-state index is 0.298. The summed E-state index contributed by atoms with van der Waals surface area (Å²) in [4.78, 5) is 11.7. The lowest BCUT2D eigenvalue weighted by atomic mass is 9.82. The molecule has 13 heavy (non-hydrogen) atoms. The smallest absolute Gasteiger partial charge is 0.146 e. The fourth-order valence-corrected chi connectivity index (χ4v) is 2.27. The summed E-state index contributed by atoms with van der Waals surface area (Å²) in [5.41, 5.74) is 2.27. The van der Waals surface area contributed by atoms with E-state index in [2.05, 4.69) is 13.0 Å². The normalized spacial score (nSPS) is 32.3. The van der Waals surface area contributed by atoms with Crippen LogP contribution in [-0.2, 0) is 4.79 Å². The molecule has 1 atom stereocenters. The molecule has 1 nitrogen and oxygen atoms in total. The van der Waals surface area contributed by atoms with Gasteiger partial charge in [-0.1, -0.05) is 29.9 Å². The van der Waals surface area contributed by atoms with E-state index >= 15 is 0 Å². The van der Waals surface area contributed by atoms with Crippen molar-refractivity contribution >= 4 is 5.78 Å². The van der Waals surface area contributed by atoms with Gasteiger partial charge in [-0.3, -0.25) is 4.79 Å². The van der Waals surface area contributed by atoms with Crippen LogP contribution in [0.1, 0.15) is 26.7 Å². The molecule has 2 aliphatic rings. The molecule has 0 saturated heterocycles. The second-order valence-corrected chi connectivity index (χ2v) is 4.01. The fraction of sp³-hybridized carbons (Fsp3) is 0.417. The van der Waals surface area contributed by atoms with Crippen molar-refractivity contribution in [1.29, 1.82) is 0 Å². The fourth-order valence-electron chi connectivity index (χ4n) is 2.27. The van der Waals surface area contributed by atoms with Crippen molar-refractivity contribution in [1.82, 2.24) is 0 Å². The molecule has 0 aromatic heterocycles. The van der Waals surface area contributed by atoms with Crippen LogP contribution in [0, 0.1) is 5.41 Å². The molecule has 1 fully saturated rings. The molecular formula is C12H14O. The average molecular weight is 174 g/mol. The molecule has 0 aromatic carbocycles. The number of rotatable bonds is 0. The minimum Gasteiger partial charge on any atom is -0.298 e. The molecule has 2 aliphatic carbocycles. The number of hydrogen-bond acceptors (Lipinski definition) is 1. The van der Waals surface area contributed by atoms with Gasteiger partial charge in [0.05, 0.1) is 5.41 Å². The molecule has 0 bridgehead atoms. The zero-order valence-corrected chi connectivity index (χ0v) is 8.13. The Balaban J connectivity index is 2.59. The van der Waals surface area contributed by atoms with Crippen LogP contribution >= 0.6 is 0 Å².